The predicted molar refractivity (Wildman–Crippen MR) is 72.9 cm³/mol. The summed E-state index contributed by atoms with van der Waals surface area (Å²) in [6, 6.07) is 3.39. The highest BCUT2D eigenvalue weighted by atomic mass is 79.9. The first-order valence-corrected chi connectivity index (χ1v) is 6.27. The van der Waals surface area contributed by atoms with E-state index in [0.717, 1.165) is 4.47 Å². The van der Waals surface area contributed by atoms with Crippen molar-refractivity contribution in [2.75, 3.05) is 5.32 Å². The number of amides is 1. The van der Waals surface area contributed by atoms with E-state index in [1.807, 2.05) is 39.8 Å². The highest BCUT2D eigenvalue weighted by Crippen LogP contribution is 2.11. The molecule has 1 amide bonds. The normalized spacial score (nSPS) is 13.0. The van der Waals surface area contributed by atoms with Crippen LogP contribution in [0.1, 0.15) is 27.7 Å². The van der Waals surface area contributed by atoms with E-state index >= 15 is 0 Å². The van der Waals surface area contributed by atoms with Gasteiger partial charge in [-0.05, 0) is 55.8 Å². The fourth-order valence-electron chi connectivity index (χ4n) is 1.23. The summed E-state index contributed by atoms with van der Waals surface area (Å²) >= 11 is 3.31. The second-order valence-corrected chi connectivity index (χ2v) is 5.88. The molecule has 0 aliphatic heterocycles. The van der Waals surface area contributed by atoms with Crippen molar-refractivity contribution in [1.29, 1.82) is 0 Å². The van der Waals surface area contributed by atoms with Crippen LogP contribution in [0.5, 0.6) is 0 Å². The molecule has 0 aliphatic rings. The number of anilines is 1. The number of carbonyl (C=O) groups excluding carboxylic acids is 1. The third-order valence-electron chi connectivity index (χ3n) is 1.98. The summed E-state index contributed by atoms with van der Waals surface area (Å²) in [7, 11) is 0. The van der Waals surface area contributed by atoms with E-state index in [2.05, 4.69) is 31.5 Å². The van der Waals surface area contributed by atoms with Gasteiger partial charge in [0.15, 0.2) is 0 Å². The molecule has 94 valence electrons. The number of nitrogens with one attached hydrogen (secondary N) is 2. The maximum absolute atomic E-state index is 11.8. The van der Waals surface area contributed by atoms with Crippen LogP contribution in [0, 0.1) is 0 Å². The van der Waals surface area contributed by atoms with E-state index in [0.29, 0.717) is 5.82 Å². The predicted octanol–water partition coefficient (Wildman–Crippen LogP) is 2.56. The Balaban J connectivity index is 2.57. The third-order valence-corrected chi connectivity index (χ3v) is 2.45. The molecule has 0 saturated heterocycles. The number of hydrogen-bond donors (Lipinski definition) is 2. The average Bonchev–Trinajstić information content (AvgIpc) is 2.19. The molecule has 1 aromatic rings. The molecule has 0 fully saturated rings. The minimum atomic E-state index is -0.317. The topological polar surface area (TPSA) is 54.0 Å². The largest absolute Gasteiger partial charge is 0.359 e. The maximum Gasteiger partial charge on any atom is 0.242 e. The van der Waals surface area contributed by atoms with Gasteiger partial charge in [-0.15, -0.1) is 0 Å². The zero-order valence-corrected chi connectivity index (χ0v) is 12.1. The number of rotatable bonds is 3. The van der Waals surface area contributed by atoms with Gasteiger partial charge in [0.1, 0.15) is 11.9 Å². The Morgan fingerprint density at radius 2 is 2.06 bits per heavy atom. The number of halogens is 1. The Morgan fingerprint density at radius 3 is 2.53 bits per heavy atom. The molecule has 5 heteroatoms. The Kier molecular flexibility index (Phi) is 4.51. The summed E-state index contributed by atoms with van der Waals surface area (Å²) < 4.78 is 0.912. The van der Waals surface area contributed by atoms with Crippen molar-refractivity contribution in [3.8, 4) is 0 Å². The number of hydrogen-bond acceptors (Lipinski definition) is 3. The molecule has 0 bridgehead atoms. The van der Waals surface area contributed by atoms with Crippen LogP contribution in [-0.4, -0.2) is 22.5 Å². The second-order valence-electron chi connectivity index (χ2n) is 4.97. The third kappa shape index (κ3) is 5.17. The van der Waals surface area contributed by atoms with Gasteiger partial charge in [0.25, 0.3) is 0 Å². The molecular formula is C12H18BrN3O. The van der Waals surface area contributed by atoms with Gasteiger partial charge in [0, 0.05) is 16.2 Å². The number of pyridine rings is 1. The summed E-state index contributed by atoms with van der Waals surface area (Å²) in [6.45, 7) is 7.67. The lowest BCUT2D eigenvalue weighted by molar-refractivity contribution is -0.122. The molecule has 1 rings (SSSR count). The van der Waals surface area contributed by atoms with Crippen molar-refractivity contribution in [1.82, 2.24) is 10.3 Å². The highest BCUT2D eigenvalue weighted by Gasteiger charge is 2.19. The monoisotopic (exact) mass is 299 g/mol. The lowest BCUT2D eigenvalue weighted by Crippen LogP contribution is -2.47. The molecule has 17 heavy (non-hydrogen) atoms. The number of nitrogens with zero attached hydrogens (tertiary/aromatic N) is 1. The highest BCUT2D eigenvalue weighted by molar-refractivity contribution is 9.10. The van der Waals surface area contributed by atoms with Crippen LogP contribution in [0.25, 0.3) is 0 Å². The van der Waals surface area contributed by atoms with Crippen LogP contribution in [0.3, 0.4) is 0 Å². The van der Waals surface area contributed by atoms with Crippen molar-refractivity contribution in [2.24, 2.45) is 0 Å². The number of aromatic nitrogens is 1. The van der Waals surface area contributed by atoms with Crippen LogP contribution in [0.4, 0.5) is 5.82 Å². The molecule has 1 atom stereocenters. The van der Waals surface area contributed by atoms with Crippen LogP contribution in [0.15, 0.2) is 22.8 Å². The van der Waals surface area contributed by atoms with E-state index in [9.17, 15) is 4.79 Å². The first-order chi connectivity index (χ1) is 7.78. The molecule has 0 saturated carbocycles. The minimum absolute atomic E-state index is 0.0396. The van der Waals surface area contributed by atoms with Gasteiger partial charge < -0.3 is 10.6 Å². The molecule has 1 heterocycles. The molecule has 0 spiro atoms. The van der Waals surface area contributed by atoms with Gasteiger partial charge in [0.05, 0.1) is 0 Å². The molecule has 0 aromatic carbocycles. The van der Waals surface area contributed by atoms with Crippen LogP contribution in [0.2, 0.25) is 0 Å². The standard InChI is InChI=1S/C12H18BrN3O/c1-8(11(17)16-12(2,3)4)15-10-6-5-9(13)7-14-10/h5-8H,1-4H3,(H,14,15)(H,16,17). The number of carbonyl (C=O) groups is 1. The molecule has 1 unspecified atom stereocenters. The first kappa shape index (κ1) is 14.0. The molecule has 0 radical (unpaired) electrons. The zero-order valence-electron chi connectivity index (χ0n) is 10.5. The van der Waals surface area contributed by atoms with Crippen molar-refractivity contribution < 1.29 is 4.79 Å². The van der Waals surface area contributed by atoms with Crippen LogP contribution < -0.4 is 10.6 Å². The summed E-state index contributed by atoms with van der Waals surface area (Å²) in [5.41, 5.74) is -0.222. The Bertz CT molecular complexity index is 384. The summed E-state index contributed by atoms with van der Waals surface area (Å²) in [6.07, 6.45) is 1.69. The van der Waals surface area contributed by atoms with Crippen molar-refractivity contribution >= 4 is 27.7 Å². The molecule has 0 aliphatic carbocycles. The average molecular weight is 300 g/mol. The van der Waals surface area contributed by atoms with E-state index in [1.165, 1.54) is 0 Å². The van der Waals surface area contributed by atoms with E-state index in [1.54, 1.807) is 6.20 Å². The summed E-state index contributed by atoms with van der Waals surface area (Å²) in [5.74, 6) is 0.645. The SMILES string of the molecule is CC(Nc1ccc(Br)cn1)C(=O)NC(C)(C)C. The van der Waals surface area contributed by atoms with Gasteiger partial charge in [0.2, 0.25) is 5.91 Å². The van der Waals surface area contributed by atoms with Crippen molar-refractivity contribution in [2.45, 2.75) is 39.3 Å². The Morgan fingerprint density at radius 1 is 1.41 bits per heavy atom. The van der Waals surface area contributed by atoms with Gasteiger partial charge in [-0.3, -0.25) is 4.79 Å². The van der Waals surface area contributed by atoms with Crippen LogP contribution >= 0.6 is 15.9 Å². The Labute approximate surface area is 110 Å². The molecule has 2 N–H and O–H groups in total. The van der Waals surface area contributed by atoms with E-state index in [-0.39, 0.29) is 17.5 Å². The summed E-state index contributed by atoms with van der Waals surface area (Å²) in [5, 5.41) is 5.96. The van der Waals surface area contributed by atoms with Gasteiger partial charge in [-0.1, -0.05) is 0 Å². The fourth-order valence-corrected chi connectivity index (χ4v) is 1.46. The smallest absolute Gasteiger partial charge is 0.242 e. The second kappa shape index (κ2) is 5.49. The van der Waals surface area contributed by atoms with Gasteiger partial charge in [-0.2, -0.15) is 0 Å². The van der Waals surface area contributed by atoms with Crippen molar-refractivity contribution in [3.05, 3.63) is 22.8 Å². The lowest BCUT2D eigenvalue weighted by atomic mass is 10.1. The Hall–Kier alpha value is -1.10. The van der Waals surface area contributed by atoms with Crippen LogP contribution in [-0.2, 0) is 4.79 Å². The van der Waals surface area contributed by atoms with E-state index in [4.69, 9.17) is 0 Å². The quantitative estimate of drug-likeness (QED) is 0.902. The zero-order chi connectivity index (χ0) is 13.1. The molecule has 1 aromatic heterocycles. The molecule has 4 nitrogen and oxygen atoms in total. The fraction of sp³-hybridized carbons (Fsp3) is 0.500. The minimum Gasteiger partial charge on any atom is -0.359 e. The van der Waals surface area contributed by atoms with Gasteiger partial charge >= 0.3 is 0 Å². The lowest BCUT2D eigenvalue weighted by Gasteiger charge is -2.23. The summed E-state index contributed by atoms with van der Waals surface area (Å²) in [4.78, 5) is 16.0. The van der Waals surface area contributed by atoms with E-state index < -0.39 is 0 Å². The van der Waals surface area contributed by atoms with Gasteiger partial charge in [-0.25, -0.2) is 4.98 Å². The maximum atomic E-state index is 11.8. The molecular weight excluding hydrogens is 282 g/mol. The van der Waals surface area contributed by atoms with Crippen molar-refractivity contribution in [3.63, 3.8) is 0 Å². The first-order valence-electron chi connectivity index (χ1n) is 5.48.